The fourth-order valence-corrected chi connectivity index (χ4v) is 2.17. The summed E-state index contributed by atoms with van der Waals surface area (Å²) in [5, 5.41) is 8.45. The summed E-state index contributed by atoms with van der Waals surface area (Å²) < 4.78 is 11.4. The first-order valence-electron chi connectivity index (χ1n) is 6.21. The predicted molar refractivity (Wildman–Crippen MR) is 80.8 cm³/mol. The highest BCUT2D eigenvalue weighted by Crippen LogP contribution is 2.21. The van der Waals surface area contributed by atoms with E-state index >= 15 is 0 Å². The van der Waals surface area contributed by atoms with Gasteiger partial charge in [0, 0.05) is 4.47 Å². The Morgan fingerprint density at radius 1 is 1.19 bits per heavy atom. The van der Waals surface area contributed by atoms with Crippen molar-refractivity contribution in [2.45, 2.75) is 6.61 Å². The van der Waals surface area contributed by atoms with Crippen molar-refractivity contribution < 1.29 is 14.3 Å². The molecule has 0 saturated heterocycles. The van der Waals surface area contributed by atoms with Gasteiger partial charge in [0.25, 0.3) is 0 Å². The maximum atomic E-state index is 11.8. The van der Waals surface area contributed by atoms with Gasteiger partial charge in [-0.3, -0.25) is 0 Å². The maximum Gasteiger partial charge on any atom is 0.342 e. The van der Waals surface area contributed by atoms with E-state index in [2.05, 4.69) is 15.9 Å². The largest absolute Gasteiger partial charge is 0.488 e. The molecular formula is C16H12BrNO3. The highest BCUT2D eigenvalue weighted by atomic mass is 79.9. The van der Waals surface area contributed by atoms with E-state index in [1.807, 2.05) is 24.3 Å². The van der Waals surface area contributed by atoms with Gasteiger partial charge >= 0.3 is 5.97 Å². The Morgan fingerprint density at radius 3 is 2.76 bits per heavy atom. The van der Waals surface area contributed by atoms with Crippen molar-refractivity contribution >= 4 is 21.9 Å². The number of nitrogens with zero attached hydrogens (tertiary/aromatic N) is 1. The number of hydrogen-bond donors (Lipinski definition) is 0. The lowest BCUT2D eigenvalue weighted by Gasteiger charge is -2.10. The summed E-state index contributed by atoms with van der Waals surface area (Å²) in [6.07, 6.45) is 0. The average Bonchev–Trinajstić information content (AvgIpc) is 2.51. The molecule has 0 atom stereocenters. The van der Waals surface area contributed by atoms with Gasteiger partial charge in [0.1, 0.15) is 24.0 Å². The van der Waals surface area contributed by atoms with Crippen LogP contribution in [0.4, 0.5) is 0 Å². The molecule has 21 heavy (non-hydrogen) atoms. The first-order chi connectivity index (χ1) is 10.2. The molecule has 0 bridgehead atoms. The third-order valence-electron chi connectivity index (χ3n) is 2.66. The van der Waals surface area contributed by atoms with Gasteiger partial charge in [-0.1, -0.05) is 40.2 Å². The van der Waals surface area contributed by atoms with Gasteiger partial charge < -0.3 is 9.47 Å². The molecule has 2 aromatic rings. The molecule has 4 nitrogen and oxygen atoms in total. The zero-order valence-corrected chi connectivity index (χ0v) is 12.7. The van der Waals surface area contributed by atoms with Crippen LogP contribution in [0.3, 0.4) is 0 Å². The molecule has 0 spiro atoms. The normalized spacial score (nSPS) is 9.71. The molecular weight excluding hydrogens is 334 g/mol. The molecule has 106 valence electrons. The Morgan fingerprint density at radius 2 is 2.00 bits per heavy atom. The Hall–Kier alpha value is -2.32. The maximum absolute atomic E-state index is 11.8. The van der Waals surface area contributed by atoms with E-state index in [1.165, 1.54) is 0 Å². The third kappa shape index (κ3) is 4.33. The van der Waals surface area contributed by atoms with Gasteiger partial charge in [0.05, 0.1) is 0 Å². The van der Waals surface area contributed by atoms with Crippen LogP contribution in [0.1, 0.15) is 15.9 Å². The number of nitriles is 1. The van der Waals surface area contributed by atoms with Crippen molar-refractivity contribution in [1.29, 1.82) is 5.26 Å². The molecule has 0 aliphatic heterocycles. The second-order valence-corrected chi connectivity index (χ2v) is 5.06. The van der Waals surface area contributed by atoms with Crippen molar-refractivity contribution in [3.63, 3.8) is 0 Å². The summed E-state index contributed by atoms with van der Waals surface area (Å²) in [4.78, 5) is 11.8. The van der Waals surface area contributed by atoms with Crippen LogP contribution in [0.2, 0.25) is 0 Å². The second-order valence-electron chi connectivity index (χ2n) is 4.15. The van der Waals surface area contributed by atoms with E-state index in [1.54, 1.807) is 30.3 Å². The molecule has 0 N–H and O–H groups in total. The lowest BCUT2D eigenvalue weighted by Crippen LogP contribution is -2.08. The first-order valence-corrected chi connectivity index (χ1v) is 7.00. The van der Waals surface area contributed by atoms with Crippen LogP contribution in [0, 0.1) is 11.3 Å². The van der Waals surface area contributed by atoms with Crippen LogP contribution in [0.25, 0.3) is 0 Å². The molecule has 0 aromatic heterocycles. The number of rotatable bonds is 5. The lowest BCUT2D eigenvalue weighted by molar-refractivity contribution is 0.0550. The number of carbonyl (C=O) groups is 1. The van der Waals surface area contributed by atoms with E-state index < -0.39 is 5.97 Å². The first kappa shape index (κ1) is 15.1. The second kappa shape index (κ2) is 7.46. The van der Waals surface area contributed by atoms with E-state index in [-0.39, 0.29) is 6.61 Å². The highest BCUT2D eigenvalue weighted by molar-refractivity contribution is 9.10. The molecule has 0 fully saturated rings. The van der Waals surface area contributed by atoms with Crippen molar-refractivity contribution in [2.75, 3.05) is 6.61 Å². The van der Waals surface area contributed by atoms with Crippen molar-refractivity contribution in [3.05, 3.63) is 64.1 Å². The zero-order chi connectivity index (χ0) is 15.1. The summed E-state index contributed by atoms with van der Waals surface area (Å²) in [6.45, 7) is 0.0563. The molecule has 5 heteroatoms. The molecule has 0 unspecified atom stereocenters. The van der Waals surface area contributed by atoms with Crippen molar-refractivity contribution in [2.24, 2.45) is 0 Å². The average molecular weight is 346 g/mol. The van der Waals surface area contributed by atoms with Gasteiger partial charge in [-0.15, -0.1) is 0 Å². The van der Waals surface area contributed by atoms with E-state index in [0.29, 0.717) is 17.9 Å². The lowest BCUT2D eigenvalue weighted by atomic mass is 10.2. The van der Waals surface area contributed by atoms with Crippen LogP contribution >= 0.6 is 15.9 Å². The fraction of sp³-hybridized carbons (Fsp3) is 0.125. The Balaban J connectivity index is 2.10. The number of hydrogen-bond acceptors (Lipinski definition) is 4. The van der Waals surface area contributed by atoms with E-state index in [9.17, 15) is 4.79 Å². The third-order valence-corrected chi connectivity index (χ3v) is 3.15. The van der Waals surface area contributed by atoms with E-state index in [4.69, 9.17) is 14.7 Å². The van der Waals surface area contributed by atoms with Crippen LogP contribution in [0.5, 0.6) is 5.75 Å². The molecule has 0 aliphatic carbocycles. The quantitative estimate of drug-likeness (QED) is 0.775. The number of esters is 1. The van der Waals surface area contributed by atoms with Crippen LogP contribution < -0.4 is 4.74 Å². The Labute approximate surface area is 131 Å². The molecule has 0 radical (unpaired) electrons. The number of benzene rings is 2. The van der Waals surface area contributed by atoms with Gasteiger partial charge in [-0.25, -0.2) is 4.79 Å². The van der Waals surface area contributed by atoms with Crippen molar-refractivity contribution in [3.8, 4) is 11.8 Å². The van der Waals surface area contributed by atoms with Gasteiger partial charge in [-0.05, 0) is 29.8 Å². The summed E-state index contributed by atoms with van der Waals surface area (Å²) in [6, 6.07) is 16.3. The Bertz CT molecular complexity index is 679. The number of para-hydroxylation sites is 1. The molecule has 2 aromatic carbocycles. The smallest absolute Gasteiger partial charge is 0.342 e. The van der Waals surface area contributed by atoms with Crippen LogP contribution in [-0.2, 0) is 11.3 Å². The minimum atomic E-state index is -0.568. The minimum Gasteiger partial charge on any atom is -0.488 e. The fourth-order valence-electron chi connectivity index (χ4n) is 1.72. The standard InChI is InChI=1S/C16H12BrNO3/c17-13-5-3-4-12(10-13)11-21-15-7-2-1-6-14(15)16(19)20-9-8-18/h1-7,10H,9,11H2. The SMILES string of the molecule is N#CCOC(=O)c1ccccc1OCc1cccc(Br)c1. The van der Waals surface area contributed by atoms with Gasteiger partial charge in [-0.2, -0.15) is 5.26 Å². The Kier molecular flexibility index (Phi) is 5.35. The molecule has 2 rings (SSSR count). The van der Waals surface area contributed by atoms with Crippen LogP contribution in [0.15, 0.2) is 53.0 Å². The number of ether oxygens (including phenoxy) is 2. The summed E-state index contributed by atoms with van der Waals surface area (Å²) in [7, 11) is 0. The van der Waals surface area contributed by atoms with Gasteiger partial charge in [0.15, 0.2) is 6.61 Å². The number of carbonyl (C=O) groups excluding carboxylic acids is 1. The molecule has 0 heterocycles. The predicted octanol–water partition coefficient (Wildman–Crippen LogP) is 3.71. The zero-order valence-electron chi connectivity index (χ0n) is 11.1. The minimum absolute atomic E-state index is 0.279. The van der Waals surface area contributed by atoms with Crippen molar-refractivity contribution in [1.82, 2.24) is 0 Å². The summed E-state index contributed by atoms with van der Waals surface area (Å²) in [5.41, 5.74) is 1.28. The van der Waals surface area contributed by atoms with E-state index in [0.717, 1.165) is 10.0 Å². The topological polar surface area (TPSA) is 59.3 Å². The van der Waals surface area contributed by atoms with Gasteiger partial charge in [0.2, 0.25) is 0 Å². The summed E-state index contributed by atoms with van der Waals surface area (Å²) >= 11 is 3.39. The van der Waals surface area contributed by atoms with Crippen LogP contribution in [-0.4, -0.2) is 12.6 Å². The molecule has 0 saturated carbocycles. The molecule has 0 amide bonds. The monoisotopic (exact) mass is 345 g/mol. The molecule has 0 aliphatic rings. The number of halogens is 1. The highest BCUT2D eigenvalue weighted by Gasteiger charge is 2.13. The summed E-state index contributed by atoms with van der Waals surface area (Å²) in [5.74, 6) is -0.137.